The summed E-state index contributed by atoms with van der Waals surface area (Å²) in [5, 5.41) is 0. The molecule has 1 aliphatic rings. The summed E-state index contributed by atoms with van der Waals surface area (Å²) in [6, 6.07) is 7.15. The number of likely N-dealkylation sites (tertiary alicyclic amines) is 1. The number of amides is 1. The standard InChI is InChI=1S/C29H47NO3/c1-3-4-5-6-7-8-9-10-11-12-13-14-15-16-23-33-29(32)27-21-18-22-30(27)28(31)26-20-17-19-25(2)24-26/h17,19-20,24,27H,3-16,18,21-23H2,1-2H3. The molecule has 1 aliphatic heterocycles. The van der Waals surface area contributed by atoms with Crippen LogP contribution < -0.4 is 0 Å². The molecular formula is C29H47NO3. The van der Waals surface area contributed by atoms with Gasteiger partial charge in [0.25, 0.3) is 5.91 Å². The van der Waals surface area contributed by atoms with Gasteiger partial charge >= 0.3 is 5.97 Å². The van der Waals surface area contributed by atoms with Gasteiger partial charge in [0.15, 0.2) is 0 Å². The highest BCUT2D eigenvalue weighted by molar-refractivity contribution is 5.97. The molecule has 0 saturated carbocycles. The van der Waals surface area contributed by atoms with E-state index < -0.39 is 6.04 Å². The van der Waals surface area contributed by atoms with Crippen LogP contribution in [0.3, 0.4) is 0 Å². The van der Waals surface area contributed by atoms with Crippen LogP contribution in [0, 0.1) is 6.92 Å². The Balaban J connectivity index is 1.48. The van der Waals surface area contributed by atoms with Crippen LogP contribution in [-0.4, -0.2) is 36.0 Å². The number of rotatable bonds is 17. The maximum Gasteiger partial charge on any atom is 0.328 e. The summed E-state index contributed by atoms with van der Waals surface area (Å²) in [5.74, 6) is -0.294. The molecule has 0 bridgehead atoms. The zero-order chi connectivity index (χ0) is 23.7. The highest BCUT2D eigenvalue weighted by atomic mass is 16.5. The van der Waals surface area contributed by atoms with E-state index in [9.17, 15) is 9.59 Å². The van der Waals surface area contributed by atoms with Crippen LogP contribution in [0.4, 0.5) is 0 Å². The lowest BCUT2D eigenvalue weighted by molar-refractivity contribution is -0.148. The molecule has 0 radical (unpaired) electrons. The fourth-order valence-electron chi connectivity index (χ4n) is 4.76. The van der Waals surface area contributed by atoms with Gasteiger partial charge in [0, 0.05) is 12.1 Å². The molecule has 0 aliphatic carbocycles. The summed E-state index contributed by atoms with van der Waals surface area (Å²) in [6.45, 7) is 5.35. The number of hydrogen-bond donors (Lipinski definition) is 0. The van der Waals surface area contributed by atoms with Crippen molar-refractivity contribution in [2.45, 2.75) is 123 Å². The van der Waals surface area contributed by atoms with Gasteiger partial charge in [0.2, 0.25) is 0 Å². The van der Waals surface area contributed by atoms with Crippen molar-refractivity contribution in [3.63, 3.8) is 0 Å². The lowest BCUT2D eigenvalue weighted by Crippen LogP contribution is -2.41. The van der Waals surface area contributed by atoms with Crippen LogP contribution in [0.1, 0.15) is 126 Å². The minimum Gasteiger partial charge on any atom is -0.464 e. The molecule has 0 N–H and O–H groups in total. The lowest BCUT2D eigenvalue weighted by atomic mass is 10.0. The summed E-state index contributed by atoms with van der Waals surface area (Å²) in [7, 11) is 0. The van der Waals surface area contributed by atoms with E-state index in [1.165, 1.54) is 77.0 Å². The van der Waals surface area contributed by atoms with Crippen molar-refractivity contribution in [2.24, 2.45) is 0 Å². The van der Waals surface area contributed by atoms with Crippen LogP contribution in [-0.2, 0) is 9.53 Å². The van der Waals surface area contributed by atoms with Crippen molar-refractivity contribution in [3.8, 4) is 0 Å². The minimum absolute atomic E-state index is 0.0605. The van der Waals surface area contributed by atoms with Crippen molar-refractivity contribution in [3.05, 3.63) is 35.4 Å². The fraction of sp³-hybridized carbons (Fsp3) is 0.724. The van der Waals surface area contributed by atoms with E-state index in [-0.39, 0.29) is 11.9 Å². The number of hydrogen-bond acceptors (Lipinski definition) is 3. The second kappa shape index (κ2) is 16.7. The van der Waals surface area contributed by atoms with Crippen LogP contribution >= 0.6 is 0 Å². The monoisotopic (exact) mass is 457 g/mol. The first-order chi connectivity index (χ1) is 16.1. The number of nitrogens with zero attached hydrogens (tertiary/aromatic N) is 1. The number of aryl methyl sites for hydroxylation is 1. The van der Waals surface area contributed by atoms with E-state index in [0.717, 1.165) is 24.8 Å². The van der Waals surface area contributed by atoms with Gasteiger partial charge in [0.05, 0.1) is 6.61 Å². The van der Waals surface area contributed by atoms with E-state index >= 15 is 0 Å². The van der Waals surface area contributed by atoms with E-state index in [1.807, 2.05) is 31.2 Å². The predicted octanol–water partition coefficient (Wildman–Crippen LogP) is 7.62. The van der Waals surface area contributed by atoms with Gasteiger partial charge in [-0.05, 0) is 38.3 Å². The summed E-state index contributed by atoms with van der Waals surface area (Å²) in [4.78, 5) is 27.1. The average molecular weight is 458 g/mol. The molecule has 33 heavy (non-hydrogen) atoms. The first kappa shape index (κ1) is 27.4. The topological polar surface area (TPSA) is 46.6 Å². The Kier molecular flexibility index (Phi) is 13.9. The number of ether oxygens (including phenoxy) is 1. The molecule has 1 aromatic carbocycles. The van der Waals surface area contributed by atoms with Crippen molar-refractivity contribution in [1.29, 1.82) is 0 Å². The Labute approximate surface area is 202 Å². The van der Waals surface area contributed by atoms with Gasteiger partial charge in [-0.25, -0.2) is 4.79 Å². The minimum atomic E-state index is -0.426. The van der Waals surface area contributed by atoms with Crippen molar-refractivity contribution >= 4 is 11.9 Å². The normalized spacial score (nSPS) is 15.7. The highest BCUT2D eigenvalue weighted by Crippen LogP contribution is 2.22. The van der Waals surface area contributed by atoms with E-state index in [2.05, 4.69) is 6.92 Å². The first-order valence-electron chi connectivity index (χ1n) is 13.7. The third-order valence-electron chi connectivity index (χ3n) is 6.79. The van der Waals surface area contributed by atoms with E-state index in [1.54, 1.807) is 4.90 Å². The molecule has 1 fully saturated rings. The molecule has 4 nitrogen and oxygen atoms in total. The quantitative estimate of drug-likeness (QED) is 0.178. The summed E-state index contributed by atoms with van der Waals surface area (Å²) in [6.07, 6.45) is 19.9. The van der Waals surface area contributed by atoms with E-state index in [4.69, 9.17) is 4.74 Å². The first-order valence-corrected chi connectivity index (χ1v) is 13.7. The van der Waals surface area contributed by atoms with Gasteiger partial charge in [-0.3, -0.25) is 4.79 Å². The third-order valence-corrected chi connectivity index (χ3v) is 6.79. The van der Waals surface area contributed by atoms with Crippen LogP contribution in [0.5, 0.6) is 0 Å². The molecule has 0 spiro atoms. The van der Waals surface area contributed by atoms with Crippen molar-refractivity contribution in [1.82, 2.24) is 4.90 Å². The SMILES string of the molecule is CCCCCCCCCCCCCCCCOC(=O)C1CCCN1C(=O)c1cccc(C)c1. The Bertz CT molecular complexity index is 687. The molecule has 1 unspecified atom stereocenters. The number of unbranched alkanes of at least 4 members (excludes halogenated alkanes) is 13. The van der Waals surface area contributed by atoms with Crippen LogP contribution in [0.25, 0.3) is 0 Å². The zero-order valence-corrected chi connectivity index (χ0v) is 21.3. The summed E-state index contributed by atoms with van der Waals surface area (Å²) in [5.41, 5.74) is 1.71. The molecule has 2 rings (SSSR count). The smallest absolute Gasteiger partial charge is 0.328 e. The largest absolute Gasteiger partial charge is 0.464 e. The molecule has 1 saturated heterocycles. The third kappa shape index (κ3) is 10.8. The van der Waals surface area contributed by atoms with Gasteiger partial charge in [-0.15, -0.1) is 0 Å². The molecule has 1 atom stereocenters. The molecule has 1 heterocycles. The maximum atomic E-state index is 12.8. The summed E-state index contributed by atoms with van der Waals surface area (Å²) >= 11 is 0. The molecular weight excluding hydrogens is 410 g/mol. The summed E-state index contributed by atoms with van der Waals surface area (Å²) < 4.78 is 5.54. The molecule has 4 heteroatoms. The number of esters is 1. The zero-order valence-electron chi connectivity index (χ0n) is 21.3. The Morgan fingerprint density at radius 1 is 0.879 bits per heavy atom. The molecule has 1 aromatic rings. The van der Waals surface area contributed by atoms with Crippen LogP contribution in [0.15, 0.2) is 24.3 Å². The van der Waals surface area contributed by atoms with Gasteiger partial charge in [-0.1, -0.05) is 108 Å². The average Bonchev–Trinajstić information content (AvgIpc) is 3.31. The van der Waals surface area contributed by atoms with Crippen molar-refractivity contribution in [2.75, 3.05) is 13.2 Å². The fourth-order valence-corrected chi connectivity index (χ4v) is 4.76. The number of carbonyl (C=O) groups excluding carboxylic acids is 2. The maximum absolute atomic E-state index is 12.8. The molecule has 186 valence electrons. The lowest BCUT2D eigenvalue weighted by Gasteiger charge is -2.23. The second-order valence-electron chi connectivity index (χ2n) is 9.79. The molecule has 0 aromatic heterocycles. The Hall–Kier alpha value is -1.84. The Morgan fingerprint density at radius 2 is 1.45 bits per heavy atom. The van der Waals surface area contributed by atoms with Gasteiger partial charge < -0.3 is 9.64 Å². The second-order valence-corrected chi connectivity index (χ2v) is 9.79. The Morgan fingerprint density at radius 3 is 2.03 bits per heavy atom. The van der Waals surface area contributed by atoms with Crippen molar-refractivity contribution < 1.29 is 14.3 Å². The predicted molar refractivity (Wildman–Crippen MR) is 137 cm³/mol. The van der Waals surface area contributed by atoms with Crippen LogP contribution in [0.2, 0.25) is 0 Å². The van der Waals surface area contributed by atoms with Gasteiger partial charge in [-0.2, -0.15) is 0 Å². The number of benzene rings is 1. The van der Waals surface area contributed by atoms with Gasteiger partial charge in [0.1, 0.15) is 6.04 Å². The molecule has 1 amide bonds. The number of carbonyl (C=O) groups is 2. The van der Waals surface area contributed by atoms with E-state index in [0.29, 0.717) is 25.1 Å². The highest BCUT2D eigenvalue weighted by Gasteiger charge is 2.35.